The summed E-state index contributed by atoms with van der Waals surface area (Å²) >= 11 is 0. The fourth-order valence-corrected chi connectivity index (χ4v) is 7.52. The Kier molecular flexibility index (Phi) is 7.09. The molecule has 3 heteroatoms. The first-order valence-electron chi connectivity index (χ1n) is 16.9. The number of fused-ring (bicyclic) bond motifs is 3. The number of aromatic nitrogens is 3. The largest absolute Gasteiger partial charge is 0.296 e. The smallest absolute Gasteiger partial charge is 0.114 e. The molecule has 9 rings (SSSR count). The first-order chi connectivity index (χ1) is 24.3. The van der Waals surface area contributed by atoms with Crippen LogP contribution in [0.3, 0.4) is 0 Å². The Morgan fingerprint density at radius 2 is 1.04 bits per heavy atom. The number of rotatable bonds is 6. The SMILES string of the molecule is CCc1nc2ccccc2n1-c1ccccc1-c1ccc(-c2c3ccccc3c(-c3ccccc3-c3cccnc3)c3ccccc23)cc1. The lowest BCUT2D eigenvalue weighted by Gasteiger charge is -2.20. The van der Waals surface area contributed by atoms with Gasteiger partial charge >= 0.3 is 0 Å². The average molecular weight is 628 g/mol. The molecule has 3 nitrogen and oxygen atoms in total. The lowest BCUT2D eigenvalue weighted by atomic mass is 9.84. The van der Waals surface area contributed by atoms with Crippen molar-refractivity contribution in [2.45, 2.75) is 13.3 Å². The number of para-hydroxylation sites is 3. The minimum absolute atomic E-state index is 0.852. The Labute approximate surface area is 285 Å². The highest BCUT2D eigenvalue weighted by atomic mass is 15.1. The van der Waals surface area contributed by atoms with Crippen LogP contribution < -0.4 is 0 Å². The van der Waals surface area contributed by atoms with Crippen molar-refractivity contribution in [3.05, 3.63) is 176 Å². The maximum Gasteiger partial charge on any atom is 0.114 e. The van der Waals surface area contributed by atoms with Crippen LogP contribution in [0.4, 0.5) is 0 Å². The molecule has 0 aliphatic carbocycles. The Hall–Kier alpha value is -6.32. The molecule has 0 fully saturated rings. The van der Waals surface area contributed by atoms with E-state index >= 15 is 0 Å². The predicted molar refractivity (Wildman–Crippen MR) is 205 cm³/mol. The van der Waals surface area contributed by atoms with Gasteiger partial charge in [-0.2, -0.15) is 0 Å². The van der Waals surface area contributed by atoms with Gasteiger partial charge in [-0.05, 0) is 79.2 Å². The van der Waals surface area contributed by atoms with Crippen molar-refractivity contribution in [3.8, 4) is 50.2 Å². The Morgan fingerprint density at radius 3 is 1.71 bits per heavy atom. The van der Waals surface area contributed by atoms with E-state index in [-0.39, 0.29) is 0 Å². The summed E-state index contributed by atoms with van der Waals surface area (Å²) in [7, 11) is 0. The highest BCUT2D eigenvalue weighted by Gasteiger charge is 2.19. The van der Waals surface area contributed by atoms with Crippen molar-refractivity contribution in [2.75, 3.05) is 0 Å². The molecule has 0 saturated heterocycles. The number of hydrogen-bond donors (Lipinski definition) is 0. The van der Waals surface area contributed by atoms with Crippen molar-refractivity contribution >= 4 is 32.6 Å². The monoisotopic (exact) mass is 627 g/mol. The van der Waals surface area contributed by atoms with E-state index in [2.05, 4.69) is 168 Å². The quantitative estimate of drug-likeness (QED) is 0.172. The summed E-state index contributed by atoms with van der Waals surface area (Å²) in [6, 6.07) is 56.8. The van der Waals surface area contributed by atoms with E-state index in [1.54, 1.807) is 0 Å². The van der Waals surface area contributed by atoms with E-state index in [0.29, 0.717) is 0 Å². The molecule has 0 amide bonds. The summed E-state index contributed by atoms with van der Waals surface area (Å²) in [6.45, 7) is 2.17. The molecule has 2 aromatic heterocycles. The van der Waals surface area contributed by atoms with Gasteiger partial charge in [0.1, 0.15) is 5.82 Å². The van der Waals surface area contributed by atoms with E-state index < -0.39 is 0 Å². The minimum Gasteiger partial charge on any atom is -0.296 e. The molecule has 0 atom stereocenters. The lowest BCUT2D eigenvalue weighted by Crippen LogP contribution is -2.02. The second-order valence-electron chi connectivity index (χ2n) is 12.4. The summed E-state index contributed by atoms with van der Waals surface area (Å²) in [5.41, 5.74) is 12.9. The third-order valence-corrected chi connectivity index (χ3v) is 9.68. The number of imidazole rings is 1. The molecule has 0 N–H and O–H groups in total. The van der Waals surface area contributed by atoms with Crippen LogP contribution in [0.2, 0.25) is 0 Å². The Bertz CT molecular complexity index is 2580. The van der Waals surface area contributed by atoms with Crippen molar-refractivity contribution in [1.29, 1.82) is 0 Å². The van der Waals surface area contributed by atoms with E-state index in [9.17, 15) is 0 Å². The molecule has 0 spiro atoms. The normalized spacial score (nSPS) is 11.4. The second kappa shape index (κ2) is 12.0. The van der Waals surface area contributed by atoms with Gasteiger partial charge in [-0.1, -0.05) is 140 Å². The van der Waals surface area contributed by atoms with Gasteiger partial charge in [-0.25, -0.2) is 4.98 Å². The maximum absolute atomic E-state index is 4.97. The van der Waals surface area contributed by atoms with Gasteiger partial charge in [-0.3, -0.25) is 9.55 Å². The topological polar surface area (TPSA) is 30.7 Å². The number of hydrogen-bond acceptors (Lipinski definition) is 2. The summed E-state index contributed by atoms with van der Waals surface area (Å²) in [5.74, 6) is 1.06. The Morgan fingerprint density at radius 1 is 0.469 bits per heavy atom. The van der Waals surface area contributed by atoms with Gasteiger partial charge in [0.05, 0.1) is 16.7 Å². The third kappa shape index (κ3) is 4.82. The van der Waals surface area contributed by atoms with Crippen LogP contribution in [0.1, 0.15) is 12.7 Å². The molecule has 2 heterocycles. The average Bonchev–Trinajstić information content (AvgIpc) is 3.56. The molecule has 232 valence electrons. The molecule has 0 unspecified atom stereocenters. The van der Waals surface area contributed by atoms with Crippen molar-refractivity contribution < 1.29 is 0 Å². The van der Waals surface area contributed by atoms with Crippen LogP contribution in [0, 0.1) is 0 Å². The van der Waals surface area contributed by atoms with Gasteiger partial charge < -0.3 is 0 Å². The number of pyridine rings is 1. The lowest BCUT2D eigenvalue weighted by molar-refractivity contribution is 0.909. The fraction of sp³-hybridized carbons (Fsp3) is 0.0435. The minimum atomic E-state index is 0.852. The standard InChI is InChI=1S/C46H33N3/c1-2-44-48-41-22-10-12-24-43(41)49(44)42-23-11-9-16-35(42)31-25-27-32(28-26-31)45-37-18-5-7-20-39(37)46(40-21-8-6-19-38(40)45)36-17-4-3-15-34(36)33-14-13-29-47-30-33/h3-30H,2H2,1H3. The highest BCUT2D eigenvalue weighted by Crippen LogP contribution is 2.46. The number of aryl methyl sites for hydroxylation is 1. The fourth-order valence-electron chi connectivity index (χ4n) is 7.52. The molecule has 49 heavy (non-hydrogen) atoms. The number of benzene rings is 7. The van der Waals surface area contributed by atoms with Gasteiger partial charge in [-0.15, -0.1) is 0 Å². The molecular weight excluding hydrogens is 595 g/mol. The summed E-state index contributed by atoms with van der Waals surface area (Å²) in [4.78, 5) is 9.41. The predicted octanol–water partition coefficient (Wildman–Crippen LogP) is 12.0. The zero-order chi connectivity index (χ0) is 32.7. The van der Waals surface area contributed by atoms with Gasteiger partial charge in [0.2, 0.25) is 0 Å². The zero-order valence-corrected chi connectivity index (χ0v) is 27.2. The van der Waals surface area contributed by atoms with Crippen LogP contribution >= 0.6 is 0 Å². The number of nitrogens with zero attached hydrogens (tertiary/aromatic N) is 3. The van der Waals surface area contributed by atoms with E-state index in [1.165, 1.54) is 60.5 Å². The zero-order valence-electron chi connectivity index (χ0n) is 27.2. The van der Waals surface area contributed by atoms with E-state index in [0.717, 1.165) is 34.5 Å². The molecule has 0 radical (unpaired) electrons. The second-order valence-corrected chi connectivity index (χ2v) is 12.4. The Balaban J connectivity index is 1.23. The summed E-state index contributed by atoms with van der Waals surface area (Å²) in [5, 5.41) is 4.95. The molecule has 9 aromatic rings. The highest BCUT2D eigenvalue weighted by molar-refractivity contribution is 6.22. The third-order valence-electron chi connectivity index (χ3n) is 9.68. The van der Waals surface area contributed by atoms with Crippen molar-refractivity contribution in [2.24, 2.45) is 0 Å². The molecule has 0 aliphatic rings. The molecule has 7 aromatic carbocycles. The van der Waals surface area contributed by atoms with Gasteiger partial charge in [0, 0.05) is 29.9 Å². The van der Waals surface area contributed by atoms with Crippen LogP contribution in [0.15, 0.2) is 170 Å². The van der Waals surface area contributed by atoms with Crippen molar-refractivity contribution in [3.63, 3.8) is 0 Å². The van der Waals surface area contributed by atoms with E-state index in [4.69, 9.17) is 4.98 Å². The molecular formula is C46H33N3. The van der Waals surface area contributed by atoms with Crippen LogP contribution in [-0.2, 0) is 6.42 Å². The molecule has 0 bridgehead atoms. The molecule has 0 aliphatic heterocycles. The van der Waals surface area contributed by atoms with Crippen molar-refractivity contribution in [1.82, 2.24) is 14.5 Å². The maximum atomic E-state index is 4.97. The van der Waals surface area contributed by atoms with E-state index in [1.807, 2.05) is 18.5 Å². The van der Waals surface area contributed by atoms with Gasteiger partial charge in [0.25, 0.3) is 0 Å². The molecule has 0 saturated carbocycles. The summed E-state index contributed by atoms with van der Waals surface area (Å²) in [6.07, 6.45) is 4.64. The summed E-state index contributed by atoms with van der Waals surface area (Å²) < 4.78 is 2.32. The van der Waals surface area contributed by atoms with Crippen LogP contribution in [0.5, 0.6) is 0 Å². The van der Waals surface area contributed by atoms with Gasteiger partial charge in [0.15, 0.2) is 0 Å². The van der Waals surface area contributed by atoms with Crippen LogP contribution in [-0.4, -0.2) is 14.5 Å². The first-order valence-corrected chi connectivity index (χ1v) is 16.9. The van der Waals surface area contributed by atoms with Crippen LogP contribution in [0.25, 0.3) is 82.8 Å². The first kappa shape index (κ1) is 28.9.